The summed E-state index contributed by atoms with van der Waals surface area (Å²) >= 11 is 0. The van der Waals surface area contributed by atoms with Crippen LogP contribution in [0.25, 0.3) is 0 Å². The van der Waals surface area contributed by atoms with Crippen LogP contribution in [0.3, 0.4) is 0 Å². The van der Waals surface area contributed by atoms with Crippen LogP contribution < -0.4 is 0 Å². The Hall–Kier alpha value is -3.77. The summed E-state index contributed by atoms with van der Waals surface area (Å²) in [4.78, 5) is 25.3. The maximum absolute atomic E-state index is 16.4. The molecule has 6 nitrogen and oxygen atoms in total. The molecule has 0 spiro atoms. The van der Waals surface area contributed by atoms with E-state index in [2.05, 4.69) is 9.47 Å². The molecule has 0 bridgehead atoms. The highest BCUT2D eigenvalue weighted by molar-refractivity contribution is 5.80. The van der Waals surface area contributed by atoms with Crippen molar-refractivity contribution < 1.29 is 86.0 Å². The van der Waals surface area contributed by atoms with Crippen LogP contribution in [0.1, 0.15) is 109 Å². The Morgan fingerprint density at radius 3 is 1.36 bits per heavy atom. The zero-order valence-corrected chi connectivity index (χ0v) is 30.8. The van der Waals surface area contributed by atoms with Gasteiger partial charge in [0.05, 0.1) is 0 Å². The van der Waals surface area contributed by atoms with Crippen LogP contribution in [-0.2, 0) is 30.2 Å². The minimum atomic E-state index is -6.32. The van der Waals surface area contributed by atoms with E-state index in [9.17, 15) is 67.4 Å². The molecule has 2 aromatic carbocycles. The summed E-state index contributed by atoms with van der Waals surface area (Å²) in [5, 5.41) is 9.73. The van der Waals surface area contributed by atoms with Gasteiger partial charge in [-0.15, -0.1) is 0 Å². The molecule has 0 aromatic heterocycles. The number of ether oxygens (including phenoxy) is 3. The monoisotopic (exact) mass is 816 g/mol. The topological polar surface area (TPSA) is 82.1 Å². The van der Waals surface area contributed by atoms with Crippen molar-refractivity contribution >= 4 is 12.1 Å². The molecule has 0 aliphatic carbocycles. The van der Waals surface area contributed by atoms with Gasteiger partial charge in [-0.25, -0.2) is 14.0 Å². The molecular weight excluding hydrogens is 775 g/mol. The average Bonchev–Trinajstić information content (AvgIpc) is 2.99. The maximum atomic E-state index is 16.4. The summed E-state index contributed by atoms with van der Waals surface area (Å²) in [5.74, 6) is -3.59. The highest BCUT2D eigenvalue weighted by atomic mass is 19.4. The number of hydrogen-bond donors (Lipinski definition) is 1. The predicted molar refractivity (Wildman–Crippen MR) is 170 cm³/mol. The van der Waals surface area contributed by atoms with Gasteiger partial charge in [-0.05, 0) is 83.8 Å². The molecule has 1 N–H and O–H groups in total. The van der Waals surface area contributed by atoms with Crippen molar-refractivity contribution in [2.24, 2.45) is 0 Å². The van der Waals surface area contributed by atoms with E-state index in [0.29, 0.717) is 24.3 Å². The average molecular weight is 817 g/mol. The van der Waals surface area contributed by atoms with Gasteiger partial charge in [0.1, 0.15) is 11.2 Å². The van der Waals surface area contributed by atoms with E-state index in [-0.39, 0.29) is 17.5 Å². The summed E-state index contributed by atoms with van der Waals surface area (Å²) in [7, 11) is 0. The molecule has 312 valence electrons. The zero-order chi connectivity index (χ0) is 43.0. The smallest absolute Gasteiger partial charge is 0.458 e. The molecule has 0 heterocycles. The lowest BCUT2D eigenvalue weighted by Crippen LogP contribution is -2.57. The summed E-state index contributed by atoms with van der Waals surface area (Å²) in [6.07, 6.45) is -29.0. The maximum Gasteiger partial charge on any atom is 0.510 e. The molecular formula is C36H41F13O6. The highest BCUT2D eigenvalue weighted by Crippen LogP contribution is 2.54. The molecule has 19 heteroatoms. The van der Waals surface area contributed by atoms with Crippen molar-refractivity contribution in [3.8, 4) is 0 Å². The van der Waals surface area contributed by atoms with Crippen LogP contribution in [-0.4, -0.2) is 58.8 Å². The predicted octanol–water partition coefficient (Wildman–Crippen LogP) is 11.4. The van der Waals surface area contributed by atoms with Gasteiger partial charge in [-0.2, -0.15) is 52.7 Å². The summed E-state index contributed by atoms with van der Waals surface area (Å²) in [5.41, 5.74) is -19.5. The number of carbonyl (C=O) groups excluding carboxylic acids is 2. The van der Waals surface area contributed by atoms with E-state index >= 15 is 4.39 Å². The molecule has 0 saturated heterocycles. The van der Waals surface area contributed by atoms with Crippen LogP contribution in [0.2, 0.25) is 0 Å². The highest BCUT2D eigenvalue weighted by Gasteiger charge is 2.76. The molecule has 0 aliphatic heterocycles. The molecule has 0 fully saturated rings. The van der Waals surface area contributed by atoms with Crippen molar-refractivity contribution in [3.05, 3.63) is 70.8 Å². The first-order valence-electron chi connectivity index (χ1n) is 16.5. The Morgan fingerprint density at radius 1 is 0.600 bits per heavy atom. The first kappa shape index (κ1) is 47.4. The van der Waals surface area contributed by atoms with Crippen LogP contribution in [0.4, 0.5) is 61.9 Å². The van der Waals surface area contributed by atoms with Crippen LogP contribution in [0.15, 0.2) is 48.5 Å². The minimum Gasteiger partial charge on any atom is -0.458 e. The summed E-state index contributed by atoms with van der Waals surface area (Å²) in [6.45, 7) is 10.4. The van der Waals surface area contributed by atoms with E-state index in [1.807, 2.05) is 0 Å². The first-order chi connectivity index (χ1) is 24.5. The summed E-state index contributed by atoms with van der Waals surface area (Å²) in [6, 6.07) is 4.46. The fourth-order valence-electron chi connectivity index (χ4n) is 5.62. The van der Waals surface area contributed by atoms with Crippen molar-refractivity contribution in [2.45, 2.75) is 139 Å². The second-order valence-electron chi connectivity index (χ2n) is 15.1. The van der Waals surface area contributed by atoms with Gasteiger partial charge in [0.15, 0.2) is 0 Å². The van der Waals surface area contributed by atoms with Crippen molar-refractivity contribution in [3.63, 3.8) is 0 Å². The number of carbonyl (C=O) groups is 2. The molecule has 2 aromatic rings. The molecule has 3 atom stereocenters. The molecule has 3 unspecified atom stereocenters. The quantitative estimate of drug-likeness (QED) is 0.180. The standard InChI is InChI=1S/C36H41F13O6/c1-9-30(37,26(50)53-28(3,4)5)19-23(18-20(2)21-10-14-24(15-11-21)31(52,33(38,39)40)34(41,42)43)22-12-16-25(17-13-22)32(35(44,45)46,36(47,48)49)55-27(51)54-29(6,7)8/h10-17,20,23,52H,9,18-19H2,1-8H3. The van der Waals surface area contributed by atoms with Gasteiger partial charge in [0.2, 0.25) is 5.67 Å². The second kappa shape index (κ2) is 15.6. The Bertz CT molecular complexity index is 1590. The lowest BCUT2D eigenvalue weighted by Gasteiger charge is -2.37. The Kier molecular flexibility index (Phi) is 13.5. The fraction of sp³-hybridized carbons (Fsp3) is 0.611. The number of rotatable bonds is 11. The van der Waals surface area contributed by atoms with Crippen molar-refractivity contribution in [2.75, 3.05) is 0 Å². The van der Waals surface area contributed by atoms with Gasteiger partial charge in [-0.1, -0.05) is 62.4 Å². The largest absolute Gasteiger partial charge is 0.510 e. The number of esters is 1. The summed E-state index contributed by atoms with van der Waals surface area (Å²) < 4.78 is 197. The SMILES string of the molecule is CCC(F)(CC(CC(C)c1ccc(C(O)(C(F)(F)F)C(F)(F)F)cc1)c1ccc(C(OC(=O)OC(C)(C)C)(C(F)(F)F)C(F)(F)F)cc1)C(=O)OC(C)(C)C. The first-order valence-corrected chi connectivity index (χ1v) is 16.5. The van der Waals surface area contributed by atoms with E-state index in [1.165, 1.54) is 34.6 Å². The van der Waals surface area contributed by atoms with E-state index < -0.39 is 101 Å². The fourth-order valence-corrected chi connectivity index (χ4v) is 5.62. The second-order valence-corrected chi connectivity index (χ2v) is 15.1. The third kappa shape index (κ3) is 10.6. The molecule has 2 rings (SSSR count). The Labute approximate surface area is 308 Å². The Morgan fingerprint density at radius 2 is 1.00 bits per heavy atom. The number of alkyl halides is 13. The van der Waals surface area contributed by atoms with Crippen molar-refractivity contribution in [1.82, 2.24) is 0 Å². The van der Waals surface area contributed by atoms with Gasteiger partial charge in [0.25, 0.3) is 5.60 Å². The zero-order valence-electron chi connectivity index (χ0n) is 30.8. The third-order valence-corrected chi connectivity index (χ3v) is 8.46. The molecule has 0 aliphatic rings. The van der Waals surface area contributed by atoms with Crippen LogP contribution >= 0.6 is 0 Å². The van der Waals surface area contributed by atoms with E-state index in [4.69, 9.17) is 4.74 Å². The van der Waals surface area contributed by atoms with Crippen LogP contribution in [0, 0.1) is 0 Å². The van der Waals surface area contributed by atoms with E-state index in [1.54, 1.807) is 0 Å². The van der Waals surface area contributed by atoms with Crippen LogP contribution in [0.5, 0.6) is 0 Å². The number of hydrogen-bond acceptors (Lipinski definition) is 6. The van der Waals surface area contributed by atoms with Gasteiger partial charge >= 0.3 is 42.4 Å². The van der Waals surface area contributed by atoms with Gasteiger partial charge in [-0.3, -0.25) is 0 Å². The number of aliphatic hydroxyl groups is 1. The lowest BCUT2D eigenvalue weighted by molar-refractivity contribution is -0.377. The van der Waals surface area contributed by atoms with E-state index in [0.717, 1.165) is 45.0 Å². The van der Waals surface area contributed by atoms with Gasteiger partial charge < -0.3 is 19.3 Å². The molecule has 0 saturated carbocycles. The minimum absolute atomic E-state index is 0.0224. The number of benzene rings is 2. The molecule has 0 radical (unpaired) electrons. The molecule has 0 amide bonds. The lowest BCUT2D eigenvalue weighted by atomic mass is 9.78. The Balaban J connectivity index is 2.74. The molecule has 55 heavy (non-hydrogen) atoms. The van der Waals surface area contributed by atoms with Gasteiger partial charge in [0, 0.05) is 11.1 Å². The third-order valence-electron chi connectivity index (χ3n) is 8.46. The number of halogens is 13. The normalized spacial score (nSPS) is 16.2. The van der Waals surface area contributed by atoms with Crippen molar-refractivity contribution in [1.29, 1.82) is 0 Å².